The lowest BCUT2D eigenvalue weighted by Crippen LogP contribution is -2.26. The van der Waals surface area contributed by atoms with Gasteiger partial charge in [-0.15, -0.1) is 0 Å². The Labute approximate surface area is 229 Å². The Morgan fingerprint density at radius 2 is 1.43 bits per heavy atom. The van der Waals surface area contributed by atoms with Gasteiger partial charge in [0.2, 0.25) is 0 Å². The summed E-state index contributed by atoms with van der Waals surface area (Å²) in [5.41, 5.74) is 3.78. The molecule has 3 aromatic rings. The molecule has 0 spiro atoms. The highest BCUT2D eigenvalue weighted by Crippen LogP contribution is 2.30. The average molecular weight is 524 g/mol. The van der Waals surface area contributed by atoms with Crippen LogP contribution >= 0.6 is 11.6 Å². The van der Waals surface area contributed by atoms with Gasteiger partial charge in [-0.25, -0.2) is 0 Å². The van der Waals surface area contributed by atoms with Gasteiger partial charge in [-0.1, -0.05) is 89.7 Å². The average Bonchev–Trinajstić information content (AvgIpc) is 2.89. The number of pyridine rings is 1. The molecule has 0 amide bonds. The van der Waals surface area contributed by atoms with Crippen molar-refractivity contribution in [3.8, 4) is 5.75 Å². The molecular weight excluding hydrogens is 478 g/mol. The van der Waals surface area contributed by atoms with Crippen molar-refractivity contribution in [1.29, 1.82) is 0 Å². The second kappa shape index (κ2) is 16.5. The van der Waals surface area contributed by atoms with Crippen LogP contribution in [0.4, 0.5) is 11.4 Å². The molecule has 37 heavy (non-hydrogen) atoms. The number of rotatable bonds is 18. The number of hydrogen-bond donors (Lipinski definition) is 2. The third-order valence-electron chi connectivity index (χ3n) is 7.11. The van der Waals surface area contributed by atoms with Gasteiger partial charge in [0.1, 0.15) is 5.75 Å². The first kappa shape index (κ1) is 29.3. The van der Waals surface area contributed by atoms with Gasteiger partial charge < -0.3 is 10.4 Å². The fourth-order valence-corrected chi connectivity index (χ4v) is 5.08. The number of benzene rings is 2. The van der Waals surface area contributed by atoms with Crippen LogP contribution in [0, 0.1) is 0 Å². The lowest BCUT2D eigenvalue weighted by Gasteiger charge is -2.23. The third kappa shape index (κ3) is 10.2. The first-order chi connectivity index (χ1) is 18.1. The summed E-state index contributed by atoms with van der Waals surface area (Å²) in [5.74, 6) is 0.368. The Bertz CT molecular complexity index is 1060. The van der Waals surface area contributed by atoms with E-state index in [1.54, 1.807) is 6.20 Å². The molecule has 0 bridgehead atoms. The number of halogens is 1. The van der Waals surface area contributed by atoms with E-state index in [4.69, 9.17) is 11.6 Å². The van der Waals surface area contributed by atoms with Gasteiger partial charge in [-0.3, -0.25) is 9.88 Å². The van der Waals surface area contributed by atoms with Crippen molar-refractivity contribution in [3.05, 3.63) is 59.2 Å². The number of nitrogens with one attached hydrogen (secondary N) is 1. The van der Waals surface area contributed by atoms with Crippen molar-refractivity contribution in [3.63, 3.8) is 0 Å². The third-order valence-corrected chi connectivity index (χ3v) is 7.35. The second-order valence-corrected chi connectivity index (χ2v) is 10.7. The highest BCUT2D eigenvalue weighted by atomic mass is 35.5. The molecule has 0 aliphatic carbocycles. The van der Waals surface area contributed by atoms with Crippen molar-refractivity contribution in [1.82, 2.24) is 9.88 Å². The van der Waals surface area contributed by atoms with E-state index in [1.165, 1.54) is 77.0 Å². The van der Waals surface area contributed by atoms with Crippen molar-refractivity contribution in [2.45, 2.75) is 97.4 Å². The van der Waals surface area contributed by atoms with Crippen LogP contribution in [0.2, 0.25) is 5.02 Å². The quantitative estimate of drug-likeness (QED) is 0.129. The molecule has 0 atom stereocenters. The molecule has 1 aromatic heterocycles. The first-order valence-corrected chi connectivity index (χ1v) is 14.8. The van der Waals surface area contributed by atoms with Gasteiger partial charge in [-0.05, 0) is 68.4 Å². The molecule has 0 unspecified atom stereocenters. The van der Waals surface area contributed by atoms with Gasteiger partial charge in [0.15, 0.2) is 0 Å². The fraction of sp³-hybridized carbons (Fsp3) is 0.531. The summed E-state index contributed by atoms with van der Waals surface area (Å²) >= 11 is 6.16. The minimum atomic E-state index is 0.368. The summed E-state index contributed by atoms with van der Waals surface area (Å²) in [6.07, 6.45) is 17.4. The van der Waals surface area contributed by atoms with Crippen LogP contribution in [0.3, 0.4) is 0 Å². The smallest absolute Gasteiger partial charge is 0.120 e. The van der Waals surface area contributed by atoms with Crippen molar-refractivity contribution in [2.24, 2.45) is 0 Å². The number of aromatic nitrogens is 1. The lowest BCUT2D eigenvalue weighted by atomic mass is 10.1. The highest BCUT2D eigenvalue weighted by Gasteiger charge is 2.11. The van der Waals surface area contributed by atoms with Crippen molar-refractivity contribution < 1.29 is 5.11 Å². The van der Waals surface area contributed by atoms with Crippen LogP contribution in [0.25, 0.3) is 10.9 Å². The molecule has 0 radical (unpaired) electrons. The topological polar surface area (TPSA) is 48.4 Å². The number of phenols is 1. The van der Waals surface area contributed by atoms with E-state index in [0.717, 1.165) is 47.5 Å². The predicted molar refractivity (Wildman–Crippen MR) is 160 cm³/mol. The van der Waals surface area contributed by atoms with Gasteiger partial charge >= 0.3 is 0 Å². The van der Waals surface area contributed by atoms with E-state index >= 15 is 0 Å². The fourth-order valence-electron chi connectivity index (χ4n) is 4.92. The number of hydrogen-bond acceptors (Lipinski definition) is 4. The number of unbranched alkanes of at least 4 members (excludes halogenated alkanes) is 10. The van der Waals surface area contributed by atoms with Crippen LogP contribution in [0.1, 0.15) is 96.5 Å². The molecule has 0 saturated heterocycles. The molecule has 4 nitrogen and oxygen atoms in total. The molecule has 5 heteroatoms. The summed E-state index contributed by atoms with van der Waals surface area (Å²) in [6, 6.07) is 13.6. The van der Waals surface area contributed by atoms with Gasteiger partial charge in [0.05, 0.1) is 5.52 Å². The van der Waals surface area contributed by atoms with E-state index < -0.39 is 0 Å². The van der Waals surface area contributed by atoms with Gasteiger partial charge in [0.25, 0.3) is 0 Å². The van der Waals surface area contributed by atoms with Crippen LogP contribution in [0.5, 0.6) is 5.75 Å². The van der Waals surface area contributed by atoms with Gasteiger partial charge in [0, 0.05) is 40.1 Å². The van der Waals surface area contributed by atoms with Crippen LogP contribution in [-0.2, 0) is 6.54 Å². The monoisotopic (exact) mass is 523 g/mol. The number of nitrogens with zero attached hydrogens (tertiary/aromatic N) is 2. The van der Waals surface area contributed by atoms with E-state index in [0.29, 0.717) is 10.8 Å². The zero-order valence-corrected chi connectivity index (χ0v) is 23.7. The minimum Gasteiger partial charge on any atom is -0.508 e. The Hall–Kier alpha value is -2.30. The SMILES string of the molecule is CCCCCCCCN(CCCCCCCC)Cc1cc(Nc2ccnc3cc(Cl)ccc23)ccc1O. The maximum atomic E-state index is 10.7. The lowest BCUT2D eigenvalue weighted by molar-refractivity contribution is 0.249. The highest BCUT2D eigenvalue weighted by molar-refractivity contribution is 6.31. The van der Waals surface area contributed by atoms with Crippen LogP contribution in [0.15, 0.2) is 48.7 Å². The Balaban J connectivity index is 1.65. The zero-order chi connectivity index (χ0) is 26.3. The molecule has 3 rings (SSSR count). The molecular formula is C32H46ClN3O. The molecule has 2 N–H and O–H groups in total. The molecule has 0 saturated carbocycles. The Kier molecular flexibility index (Phi) is 13.1. The maximum absolute atomic E-state index is 10.7. The molecule has 2 aromatic carbocycles. The Morgan fingerprint density at radius 1 is 0.784 bits per heavy atom. The zero-order valence-electron chi connectivity index (χ0n) is 22.9. The van der Waals surface area contributed by atoms with Crippen LogP contribution in [-0.4, -0.2) is 28.1 Å². The molecule has 0 aliphatic rings. The Morgan fingerprint density at radius 3 is 2.11 bits per heavy atom. The second-order valence-electron chi connectivity index (χ2n) is 10.3. The number of fused-ring (bicyclic) bond motifs is 1. The molecule has 0 fully saturated rings. The predicted octanol–water partition coefficient (Wildman–Crippen LogP) is 9.86. The van der Waals surface area contributed by atoms with Crippen LogP contribution < -0.4 is 5.32 Å². The number of phenolic OH excluding ortho intramolecular Hbond substituents is 1. The molecule has 1 heterocycles. The summed E-state index contributed by atoms with van der Waals surface area (Å²) in [4.78, 5) is 6.99. The minimum absolute atomic E-state index is 0.368. The van der Waals surface area contributed by atoms with E-state index in [9.17, 15) is 5.11 Å². The number of aromatic hydroxyl groups is 1. The summed E-state index contributed by atoms with van der Waals surface area (Å²) < 4.78 is 0. The van der Waals surface area contributed by atoms with E-state index in [2.05, 4.69) is 35.1 Å². The summed E-state index contributed by atoms with van der Waals surface area (Å²) in [5, 5.41) is 16.0. The maximum Gasteiger partial charge on any atom is 0.120 e. The standard InChI is InChI=1S/C32H46ClN3O/c1-3-5-7-9-11-13-21-36(22-14-12-10-8-6-4-2)25-26-23-28(16-18-32(26)37)35-30-19-20-34-31-24-27(33)15-17-29(30)31/h15-20,23-24,37H,3-14,21-22,25H2,1-2H3,(H,34,35). The van der Waals surface area contributed by atoms with Crippen molar-refractivity contribution >= 4 is 33.9 Å². The summed E-state index contributed by atoms with van der Waals surface area (Å²) in [7, 11) is 0. The largest absolute Gasteiger partial charge is 0.508 e. The molecule has 0 aliphatic heterocycles. The van der Waals surface area contributed by atoms with E-state index in [-0.39, 0.29) is 0 Å². The van der Waals surface area contributed by atoms with Crippen molar-refractivity contribution in [2.75, 3.05) is 18.4 Å². The first-order valence-electron chi connectivity index (χ1n) is 14.5. The normalized spacial score (nSPS) is 11.5. The molecule has 202 valence electrons. The van der Waals surface area contributed by atoms with Gasteiger partial charge in [-0.2, -0.15) is 0 Å². The summed E-state index contributed by atoms with van der Waals surface area (Å²) in [6.45, 7) is 7.49. The number of anilines is 2. The van der Waals surface area contributed by atoms with E-state index in [1.807, 2.05) is 36.4 Å².